The van der Waals surface area contributed by atoms with Crippen LogP contribution in [0, 0.1) is 0 Å². The molecule has 110 valence electrons. The fraction of sp³-hybridized carbons (Fsp3) is 0.231. The van der Waals surface area contributed by atoms with Crippen LogP contribution in [0.3, 0.4) is 0 Å². The van der Waals surface area contributed by atoms with E-state index >= 15 is 0 Å². The lowest BCUT2D eigenvalue weighted by molar-refractivity contribution is -0.142. The van der Waals surface area contributed by atoms with Crippen molar-refractivity contribution in [2.24, 2.45) is 5.73 Å². The lowest BCUT2D eigenvalue weighted by atomic mass is 10.0. The Labute approximate surface area is 134 Å². The van der Waals surface area contributed by atoms with Crippen molar-refractivity contribution < 1.29 is 9.53 Å². The van der Waals surface area contributed by atoms with E-state index < -0.39 is 6.04 Å². The molecule has 1 unspecified atom stereocenters. The number of nitrogens with zero attached hydrogens (tertiary/aromatic N) is 1. The summed E-state index contributed by atoms with van der Waals surface area (Å²) in [6.45, 7) is 0. The summed E-state index contributed by atoms with van der Waals surface area (Å²) in [4.78, 5) is 15.5. The van der Waals surface area contributed by atoms with Gasteiger partial charge < -0.3 is 10.5 Å². The zero-order valence-corrected chi connectivity index (χ0v) is 13.3. The van der Waals surface area contributed by atoms with Crippen molar-refractivity contribution in [3.05, 3.63) is 41.4 Å². The quantitative estimate of drug-likeness (QED) is 0.873. The number of carbonyl (C=O) groups is 1. The van der Waals surface area contributed by atoms with Crippen LogP contribution in [0.5, 0.6) is 0 Å². The average Bonchev–Trinajstić information content (AvgIpc) is 2.92. The monoisotopic (exact) mass is 334 g/mol. The molecule has 0 bridgehead atoms. The number of benzene rings is 1. The van der Waals surface area contributed by atoms with Gasteiger partial charge in [0.05, 0.1) is 7.11 Å². The maximum absolute atomic E-state index is 11.2. The van der Waals surface area contributed by atoms with Crippen molar-refractivity contribution in [1.29, 1.82) is 0 Å². The van der Waals surface area contributed by atoms with Crippen molar-refractivity contribution in [2.75, 3.05) is 7.11 Å². The molecule has 2 aromatic rings. The number of methoxy groups -OCH3 is 1. The standard InChI is InChI=1S/C13H14N2O2S.2ClH/c1-17-13(16)11(14)8-9-2-4-10(5-3-9)12-15-6-7-18-12;;/h2-7,11H,8,14H2,1H3;2*1H. The zero-order chi connectivity index (χ0) is 13.0. The van der Waals surface area contributed by atoms with Crippen LogP contribution >= 0.6 is 36.2 Å². The molecule has 4 nitrogen and oxygen atoms in total. The Morgan fingerprint density at radius 1 is 1.35 bits per heavy atom. The molecular formula is C13H16Cl2N2O2S. The predicted molar refractivity (Wildman–Crippen MR) is 85.7 cm³/mol. The number of hydrogen-bond acceptors (Lipinski definition) is 5. The van der Waals surface area contributed by atoms with Gasteiger partial charge in [0.25, 0.3) is 0 Å². The van der Waals surface area contributed by atoms with E-state index in [1.807, 2.05) is 29.6 Å². The van der Waals surface area contributed by atoms with Crippen LogP contribution in [-0.2, 0) is 16.0 Å². The van der Waals surface area contributed by atoms with E-state index in [0.717, 1.165) is 16.1 Å². The first-order chi connectivity index (χ1) is 8.70. The highest BCUT2D eigenvalue weighted by molar-refractivity contribution is 7.13. The van der Waals surface area contributed by atoms with Crippen molar-refractivity contribution in [1.82, 2.24) is 4.98 Å². The average molecular weight is 335 g/mol. The zero-order valence-electron chi connectivity index (χ0n) is 10.8. The third-order valence-corrected chi connectivity index (χ3v) is 3.41. The first kappa shape index (κ1) is 18.9. The molecule has 0 aliphatic carbocycles. The fourth-order valence-corrected chi connectivity index (χ4v) is 2.28. The van der Waals surface area contributed by atoms with Crippen LogP contribution in [0.2, 0.25) is 0 Å². The van der Waals surface area contributed by atoms with E-state index in [-0.39, 0.29) is 30.8 Å². The van der Waals surface area contributed by atoms with Gasteiger partial charge in [-0.25, -0.2) is 4.98 Å². The first-order valence-electron chi connectivity index (χ1n) is 5.53. The Hall–Kier alpha value is -1.14. The molecule has 1 heterocycles. The topological polar surface area (TPSA) is 65.2 Å². The van der Waals surface area contributed by atoms with E-state index in [1.54, 1.807) is 17.5 Å². The summed E-state index contributed by atoms with van der Waals surface area (Å²) < 4.78 is 4.59. The van der Waals surface area contributed by atoms with Crippen LogP contribution in [0.25, 0.3) is 10.6 Å². The third-order valence-electron chi connectivity index (χ3n) is 2.59. The molecule has 0 radical (unpaired) electrons. The van der Waals surface area contributed by atoms with Gasteiger partial charge in [0, 0.05) is 17.1 Å². The molecule has 0 aliphatic rings. The highest BCUT2D eigenvalue weighted by atomic mass is 35.5. The summed E-state index contributed by atoms with van der Waals surface area (Å²) in [5, 5.41) is 2.93. The van der Waals surface area contributed by atoms with Crippen molar-refractivity contribution >= 4 is 42.1 Å². The van der Waals surface area contributed by atoms with Crippen LogP contribution in [0.1, 0.15) is 5.56 Å². The number of aromatic nitrogens is 1. The summed E-state index contributed by atoms with van der Waals surface area (Å²) in [6, 6.07) is 7.27. The van der Waals surface area contributed by atoms with Gasteiger partial charge in [-0.2, -0.15) is 0 Å². The van der Waals surface area contributed by atoms with Gasteiger partial charge in [-0.1, -0.05) is 24.3 Å². The Balaban J connectivity index is 0.00000180. The van der Waals surface area contributed by atoms with E-state index in [2.05, 4.69) is 9.72 Å². The highest BCUT2D eigenvalue weighted by Crippen LogP contribution is 2.22. The van der Waals surface area contributed by atoms with Gasteiger partial charge in [0.2, 0.25) is 0 Å². The van der Waals surface area contributed by atoms with Crippen molar-refractivity contribution in [3.63, 3.8) is 0 Å². The fourth-order valence-electron chi connectivity index (χ4n) is 1.64. The van der Waals surface area contributed by atoms with Gasteiger partial charge in [-0.3, -0.25) is 4.79 Å². The van der Waals surface area contributed by atoms with Gasteiger partial charge in [0.1, 0.15) is 11.0 Å². The molecule has 0 aliphatic heterocycles. The number of hydrogen-bond donors (Lipinski definition) is 1. The Morgan fingerprint density at radius 2 is 2.00 bits per heavy atom. The summed E-state index contributed by atoms with van der Waals surface area (Å²) >= 11 is 1.59. The minimum atomic E-state index is -0.610. The molecule has 1 atom stereocenters. The Kier molecular flexibility index (Phi) is 8.41. The number of thiazole rings is 1. The van der Waals surface area contributed by atoms with Crippen molar-refractivity contribution in [3.8, 4) is 10.6 Å². The molecule has 20 heavy (non-hydrogen) atoms. The number of ether oxygens (including phenoxy) is 1. The van der Waals surface area contributed by atoms with Crippen LogP contribution < -0.4 is 5.73 Å². The predicted octanol–water partition coefficient (Wildman–Crippen LogP) is 2.70. The van der Waals surface area contributed by atoms with Crippen molar-refractivity contribution in [2.45, 2.75) is 12.5 Å². The second-order valence-corrected chi connectivity index (χ2v) is 4.76. The summed E-state index contributed by atoms with van der Waals surface area (Å²) in [7, 11) is 1.34. The molecule has 2 rings (SSSR count). The SMILES string of the molecule is COC(=O)C(N)Cc1ccc(-c2nccs2)cc1.Cl.Cl. The molecule has 2 N–H and O–H groups in total. The molecule has 1 aromatic carbocycles. The second kappa shape index (κ2) is 8.92. The molecule has 7 heteroatoms. The Bertz CT molecular complexity index is 518. The molecule has 0 saturated heterocycles. The largest absolute Gasteiger partial charge is 0.468 e. The maximum atomic E-state index is 11.2. The minimum absolute atomic E-state index is 0. The molecular weight excluding hydrogens is 319 g/mol. The lowest BCUT2D eigenvalue weighted by Crippen LogP contribution is -2.33. The van der Waals surface area contributed by atoms with Gasteiger partial charge in [-0.15, -0.1) is 36.2 Å². The summed E-state index contributed by atoms with van der Waals surface area (Å²) in [6.07, 6.45) is 2.26. The van der Waals surface area contributed by atoms with E-state index in [9.17, 15) is 4.79 Å². The number of carbonyl (C=O) groups excluding carboxylic acids is 1. The Morgan fingerprint density at radius 3 is 2.50 bits per heavy atom. The van der Waals surface area contributed by atoms with Gasteiger partial charge in [0.15, 0.2) is 0 Å². The van der Waals surface area contributed by atoms with Crippen LogP contribution in [-0.4, -0.2) is 24.1 Å². The summed E-state index contributed by atoms with van der Waals surface area (Å²) in [5.41, 5.74) is 7.78. The number of halogens is 2. The van der Waals surface area contributed by atoms with Crippen LogP contribution in [0.15, 0.2) is 35.8 Å². The second-order valence-electron chi connectivity index (χ2n) is 3.87. The molecule has 1 aromatic heterocycles. The lowest BCUT2D eigenvalue weighted by Gasteiger charge is -2.09. The summed E-state index contributed by atoms with van der Waals surface area (Å²) in [5.74, 6) is -0.390. The molecule has 0 fully saturated rings. The number of nitrogens with two attached hydrogens (primary N) is 1. The van der Waals surface area contributed by atoms with Gasteiger partial charge >= 0.3 is 5.97 Å². The highest BCUT2D eigenvalue weighted by Gasteiger charge is 2.14. The van der Waals surface area contributed by atoms with Gasteiger partial charge in [-0.05, 0) is 12.0 Å². The smallest absolute Gasteiger partial charge is 0.322 e. The molecule has 0 spiro atoms. The molecule has 0 saturated carbocycles. The van der Waals surface area contributed by atoms with Crippen LogP contribution in [0.4, 0.5) is 0 Å². The maximum Gasteiger partial charge on any atom is 0.322 e. The van der Waals surface area contributed by atoms with E-state index in [0.29, 0.717) is 6.42 Å². The normalized spacial score (nSPS) is 10.9. The third kappa shape index (κ3) is 4.76. The van der Waals surface area contributed by atoms with E-state index in [1.165, 1.54) is 7.11 Å². The number of rotatable bonds is 4. The first-order valence-corrected chi connectivity index (χ1v) is 6.41. The minimum Gasteiger partial charge on any atom is -0.468 e. The number of esters is 1. The molecule has 0 amide bonds. The van der Waals surface area contributed by atoms with E-state index in [4.69, 9.17) is 5.73 Å².